The third-order valence-electron chi connectivity index (χ3n) is 3.45. The van der Waals surface area contributed by atoms with Crippen LogP contribution in [0.4, 0.5) is 0 Å². The predicted molar refractivity (Wildman–Crippen MR) is 77.9 cm³/mol. The van der Waals surface area contributed by atoms with Gasteiger partial charge >= 0.3 is 8.05 Å². The summed E-state index contributed by atoms with van der Waals surface area (Å²) in [6.07, 6.45) is 0. The van der Waals surface area contributed by atoms with Crippen LogP contribution in [-0.4, -0.2) is 22.8 Å². The van der Waals surface area contributed by atoms with Gasteiger partial charge < -0.3 is 9.07 Å². The first-order valence-electron chi connectivity index (χ1n) is 6.36. The average Bonchev–Trinajstić information content (AvgIpc) is 2.90. The summed E-state index contributed by atoms with van der Waals surface area (Å²) in [5.41, 5.74) is 2.99. The van der Waals surface area contributed by atoms with E-state index in [9.17, 15) is 5.26 Å². The molecule has 6 nitrogen and oxygen atoms in total. The van der Waals surface area contributed by atoms with Crippen molar-refractivity contribution in [1.82, 2.24) is 14.8 Å². The number of nitriles is 1. The van der Waals surface area contributed by atoms with Gasteiger partial charge in [0.1, 0.15) is 34.5 Å². The first kappa shape index (κ1) is 14.9. The number of oxazole rings is 1. The summed E-state index contributed by atoms with van der Waals surface area (Å²) in [6.45, 7) is 7.27. The Labute approximate surface area is 124 Å². The summed E-state index contributed by atoms with van der Waals surface area (Å²) in [6, 6.07) is 2.08. The fourth-order valence-electron chi connectivity index (χ4n) is 2.13. The van der Waals surface area contributed by atoms with Crippen molar-refractivity contribution in [2.24, 2.45) is 7.05 Å². The number of nitrogens with zero attached hydrogens (tertiary/aromatic N) is 4. The monoisotopic (exact) mass is 282 g/mol. The van der Waals surface area contributed by atoms with Crippen molar-refractivity contribution in [3.63, 3.8) is 0 Å². The van der Waals surface area contributed by atoms with Crippen molar-refractivity contribution in [3.8, 4) is 6.07 Å². The zero-order chi connectivity index (χ0) is 15.7. The number of allylic oxidation sites excluding steroid dienone is 1. The van der Waals surface area contributed by atoms with Crippen molar-refractivity contribution in [2.45, 2.75) is 27.7 Å². The zero-order valence-corrected chi connectivity index (χ0v) is 12.7. The highest BCUT2D eigenvalue weighted by Gasteiger charge is 2.22. The van der Waals surface area contributed by atoms with Gasteiger partial charge in [-0.15, -0.1) is 0 Å². The lowest BCUT2D eigenvalue weighted by molar-refractivity contribution is 0.494. The van der Waals surface area contributed by atoms with Crippen molar-refractivity contribution in [1.29, 1.82) is 5.26 Å². The fourth-order valence-corrected chi connectivity index (χ4v) is 2.13. The van der Waals surface area contributed by atoms with Crippen LogP contribution in [0, 0.1) is 39.0 Å². The van der Waals surface area contributed by atoms with Gasteiger partial charge in [0.2, 0.25) is 0 Å². The minimum absolute atomic E-state index is 0.190. The molecular weight excluding hydrogens is 267 g/mol. The van der Waals surface area contributed by atoms with Crippen molar-refractivity contribution in [3.05, 3.63) is 34.3 Å². The standard InChI is InChI=1S/C14H15BN4O2/c1-7-8(2)19(5)18-12(7)14(21-15)11(6-16)13-9(3)20-10(4)17-13/h1-5H3. The Morgan fingerprint density at radius 1 is 1.29 bits per heavy atom. The van der Waals surface area contributed by atoms with Gasteiger partial charge in [-0.3, -0.25) is 4.68 Å². The van der Waals surface area contributed by atoms with Gasteiger partial charge in [0.25, 0.3) is 0 Å². The van der Waals surface area contributed by atoms with Crippen LogP contribution in [0.25, 0.3) is 11.3 Å². The molecule has 2 aromatic rings. The molecule has 0 aliphatic carbocycles. The number of aryl methyl sites for hydroxylation is 3. The maximum absolute atomic E-state index is 9.48. The lowest BCUT2D eigenvalue weighted by Gasteiger charge is -2.07. The Morgan fingerprint density at radius 3 is 2.33 bits per heavy atom. The molecule has 0 amide bonds. The van der Waals surface area contributed by atoms with Gasteiger partial charge in [-0.05, 0) is 20.8 Å². The smallest absolute Gasteiger partial charge is 0.374 e. The molecule has 21 heavy (non-hydrogen) atoms. The second-order valence-electron chi connectivity index (χ2n) is 4.75. The van der Waals surface area contributed by atoms with Crippen LogP contribution >= 0.6 is 0 Å². The van der Waals surface area contributed by atoms with E-state index in [4.69, 9.17) is 17.1 Å². The van der Waals surface area contributed by atoms with Crippen LogP contribution in [0.2, 0.25) is 0 Å². The summed E-state index contributed by atoms with van der Waals surface area (Å²) in [5, 5.41) is 13.8. The van der Waals surface area contributed by atoms with Crippen LogP contribution in [0.15, 0.2) is 4.42 Å². The van der Waals surface area contributed by atoms with E-state index in [-0.39, 0.29) is 11.3 Å². The molecule has 0 aliphatic rings. The van der Waals surface area contributed by atoms with Crippen LogP contribution in [0.5, 0.6) is 0 Å². The molecule has 0 spiro atoms. The van der Waals surface area contributed by atoms with Gasteiger partial charge in [-0.1, -0.05) is 0 Å². The van der Waals surface area contributed by atoms with Gasteiger partial charge in [0, 0.05) is 25.2 Å². The normalized spacial score (nSPS) is 12.0. The number of hydrogen-bond acceptors (Lipinski definition) is 5. The first-order valence-corrected chi connectivity index (χ1v) is 6.36. The Hall–Kier alpha value is -2.49. The molecule has 0 saturated heterocycles. The molecular formula is C14H15BN4O2. The lowest BCUT2D eigenvalue weighted by Crippen LogP contribution is -1.99. The van der Waals surface area contributed by atoms with E-state index in [0.29, 0.717) is 23.0 Å². The number of rotatable bonds is 3. The van der Waals surface area contributed by atoms with E-state index in [1.165, 1.54) is 0 Å². The molecule has 2 heterocycles. The Morgan fingerprint density at radius 2 is 1.95 bits per heavy atom. The minimum atomic E-state index is 0.190. The van der Waals surface area contributed by atoms with E-state index < -0.39 is 0 Å². The Kier molecular flexibility index (Phi) is 3.89. The highest BCUT2D eigenvalue weighted by molar-refractivity contribution is 6.06. The molecule has 0 unspecified atom stereocenters. The molecule has 0 aromatic carbocycles. The van der Waals surface area contributed by atoms with E-state index in [1.54, 1.807) is 18.5 Å². The largest absolute Gasteiger partial charge is 0.565 e. The lowest BCUT2D eigenvalue weighted by atomic mass is 10.1. The topological polar surface area (TPSA) is 76.9 Å². The maximum atomic E-state index is 9.48. The molecule has 0 aliphatic heterocycles. The summed E-state index contributed by atoms with van der Waals surface area (Å²) in [7, 11) is 7.20. The molecule has 0 saturated carbocycles. The quantitative estimate of drug-likeness (QED) is 0.489. The van der Waals surface area contributed by atoms with Crippen molar-refractivity contribution < 1.29 is 9.07 Å². The van der Waals surface area contributed by atoms with E-state index in [2.05, 4.69) is 16.2 Å². The summed E-state index contributed by atoms with van der Waals surface area (Å²) >= 11 is 0. The molecule has 106 valence electrons. The summed E-state index contributed by atoms with van der Waals surface area (Å²) in [4.78, 5) is 4.22. The SMILES string of the molecule is [B]OC(=C(C#N)c1nc(C)oc1C)c1nn(C)c(C)c1C. The van der Waals surface area contributed by atoms with Crippen LogP contribution in [0.1, 0.15) is 34.3 Å². The van der Waals surface area contributed by atoms with Crippen LogP contribution in [0.3, 0.4) is 0 Å². The minimum Gasteiger partial charge on any atom is -0.565 e. The molecule has 0 N–H and O–H groups in total. The summed E-state index contributed by atoms with van der Waals surface area (Å²) < 4.78 is 12.0. The molecule has 0 fully saturated rings. The van der Waals surface area contributed by atoms with Gasteiger partial charge in [-0.2, -0.15) is 10.4 Å². The second kappa shape index (κ2) is 5.48. The third-order valence-corrected chi connectivity index (χ3v) is 3.45. The molecule has 0 bridgehead atoms. The summed E-state index contributed by atoms with van der Waals surface area (Å²) in [5.74, 6) is 1.19. The van der Waals surface area contributed by atoms with Gasteiger partial charge in [-0.25, -0.2) is 4.98 Å². The molecule has 2 radical (unpaired) electrons. The fraction of sp³-hybridized carbons (Fsp3) is 0.357. The highest BCUT2D eigenvalue weighted by atomic mass is 16.4. The molecule has 2 aromatic heterocycles. The Balaban J connectivity index is 2.73. The van der Waals surface area contributed by atoms with Crippen molar-refractivity contribution in [2.75, 3.05) is 0 Å². The van der Waals surface area contributed by atoms with Crippen molar-refractivity contribution >= 4 is 19.4 Å². The van der Waals surface area contributed by atoms with E-state index in [0.717, 1.165) is 11.3 Å². The third kappa shape index (κ3) is 2.45. The number of hydrogen-bond donors (Lipinski definition) is 0. The maximum Gasteiger partial charge on any atom is 0.374 e. The number of aromatic nitrogens is 3. The first-order chi connectivity index (χ1) is 9.90. The van der Waals surface area contributed by atoms with Crippen LogP contribution in [-0.2, 0) is 11.7 Å². The molecule has 0 atom stereocenters. The highest BCUT2D eigenvalue weighted by Crippen LogP contribution is 2.30. The van der Waals surface area contributed by atoms with Gasteiger partial charge in [0.05, 0.1) is 0 Å². The van der Waals surface area contributed by atoms with Crippen LogP contribution < -0.4 is 0 Å². The Bertz CT molecular complexity index is 765. The predicted octanol–water partition coefficient (Wildman–Crippen LogP) is 2.13. The molecule has 2 rings (SSSR count). The van der Waals surface area contributed by atoms with E-state index in [1.807, 2.05) is 20.9 Å². The van der Waals surface area contributed by atoms with Gasteiger partial charge in [0.15, 0.2) is 5.89 Å². The molecule has 7 heteroatoms. The second-order valence-corrected chi connectivity index (χ2v) is 4.75. The van der Waals surface area contributed by atoms with E-state index >= 15 is 0 Å². The average molecular weight is 282 g/mol. The zero-order valence-electron chi connectivity index (χ0n) is 12.7.